The largest absolute Gasteiger partial charge is 0.469 e. The lowest BCUT2D eigenvalue weighted by molar-refractivity contribution is -0.140. The Bertz CT molecular complexity index is 477. The smallest absolute Gasteiger partial charge is 0.305 e. The molecule has 0 spiro atoms. The van der Waals surface area contributed by atoms with Crippen molar-refractivity contribution in [2.24, 2.45) is 17.3 Å². The fourth-order valence-electron chi connectivity index (χ4n) is 4.11. The standard InChI is InChI=1S/C23H41ClO4/c1-5-6-15-23(2,3)21(26)14-13-18-17(19(24)16-20(18)25)11-9-7-8-10-12-22(27)28-4/h13-14,17-21,25-26H,5-12,15-16H2,1-4H3/t17-,18-,19-,20-,21-/m1/s1. The summed E-state index contributed by atoms with van der Waals surface area (Å²) >= 11 is 6.52. The van der Waals surface area contributed by atoms with Gasteiger partial charge in [-0.3, -0.25) is 4.79 Å². The van der Waals surface area contributed by atoms with E-state index < -0.39 is 12.2 Å². The Hall–Kier alpha value is -0.580. The van der Waals surface area contributed by atoms with E-state index in [9.17, 15) is 15.0 Å². The fourth-order valence-corrected chi connectivity index (χ4v) is 4.59. The molecule has 1 aliphatic carbocycles. The number of ether oxygens (including phenoxy) is 1. The summed E-state index contributed by atoms with van der Waals surface area (Å²) in [5.41, 5.74) is -0.161. The van der Waals surface area contributed by atoms with Gasteiger partial charge in [-0.25, -0.2) is 0 Å². The SMILES string of the molecule is CCCCC(C)(C)[C@H](O)C=C[C@@H]1[C@@H](CCCCCCC(=O)OC)[C@H](Cl)C[C@H]1O. The topological polar surface area (TPSA) is 66.8 Å². The lowest BCUT2D eigenvalue weighted by Crippen LogP contribution is -2.28. The van der Waals surface area contributed by atoms with Crippen LogP contribution >= 0.6 is 11.6 Å². The summed E-state index contributed by atoms with van der Waals surface area (Å²) in [5.74, 6) is 0.0963. The number of carbonyl (C=O) groups excluding carboxylic acids is 1. The van der Waals surface area contributed by atoms with E-state index in [-0.39, 0.29) is 28.6 Å². The molecule has 0 unspecified atom stereocenters. The van der Waals surface area contributed by atoms with E-state index in [2.05, 4.69) is 25.5 Å². The molecule has 0 aromatic carbocycles. The van der Waals surface area contributed by atoms with Crippen molar-refractivity contribution in [1.82, 2.24) is 0 Å². The highest BCUT2D eigenvalue weighted by Crippen LogP contribution is 2.40. The summed E-state index contributed by atoms with van der Waals surface area (Å²) in [6, 6.07) is 0. The minimum absolute atomic E-state index is 0.00851. The zero-order valence-corrected chi connectivity index (χ0v) is 19.0. The van der Waals surface area contributed by atoms with Crippen LogP contribution in [-0.4, -0.2) is 40.9 Å². The van der Waals surface area contributed by atoms with Crippen molar-refractivity contribution in [3.8, 4) is 0 Å². The number of unbranched alkanes of at least 4 members (excludes halogenated alkanes) is 4. The summed E-state index contributed by atoms with van der Waals surface area (Å²) in [6.07, 6.45) is 12.1. The number of hydrogen-bond acceptors (Lipinski definition) is 4. The molecule has 0 heterocycles. The molecule has 0 aromatic rings. The van der Waals surface area contributed by atoms with Crippen molar-refractivity contribution >= 4 is 17.6 Å². The third-order valence-electron chi connectivity index (χ3n) is 6.26. The van der Waals surface area contributed by atoms with Crippen molar-refractivity contribution in [2.75, 3.05) is 7.11 Å². The number of aliphatic hydroxyl groups excluding tert-OH is 2. The summed E-state index contributed by atoms with van der Waals surface area (Å²) in [7, 11) is 1.42. The number of aliphatic hydroxyl groups is 2. The van der Waals surface area contributed by atoms with E-state index in [4.69, 9.17) is 11.6 Å². The van der Waals surface area contributed by atoms with Crippen LogP contribution in [0.4, 0.5) is 0 Å². The van der Waals surface area contributed by atoms with Gasteiger partial charge < -0.3 is 14.9 Å². The maximum absolute atomic E-state index is 11.1. The highest BCUT2D eigenvalue weighted by atomic mass is 35.5. The summed E-state index contributed by atoms with van der Waals surface area (Å²) in [6.45, 7) is 6.35. The monoisotopic (exact) mass is 416 g/mol. The zero-order chi connectivity index (χ0) is 21.2. The molecule has 1 fully saturated rings. The van der Waals surface area contributed by atoms with Gasteiger partial charge in [0.05, 0.1) is 19.3 Å². The molecule has 1 aliphatic rings. The molecule has 164 valence electrons. The summed E-state index contributed by atoms with van der Waals surface area (Å²) in [4.78, 5) is 11.1. The van der Waals surface area contributed by atoms with Crippen LogP contribution in [0, 0.1) is 17.3 Å². The van der Waals surface area contributed by atoms with Crippen LogP contribution in [0.1, 0.15) is 85.0 Å². The van der Waals surface area contributed by atoms with E-state index in [1.807, 2.05) is 12.2 Å². The number of esters is 1. The second-order valence-electron chi connectivity index (χ2n) is 9.01. The molecule has 1 rings (SSSR count). The first-order valence-electron chi connectivity index (χ1n) is 11.0. The van der Waals surface area contributed by atoms with Crippen LogP contribution in [0.2, 0.25) is 0 Å². The molecule has 0 saturated heterocycles. The van der Waals surface area contributed by atoms with Crippen molar-refractivity contribution in [1.29, 1.82) is 0 Å². The Kier molecular flexibility index (Phi) is 11.7. The number of halogens is 1. The van der Waals surface area contributed by atoms with Gasteiger partial charge in [0.1, 0.15) is 0 Å². The minimum Gasteiger partial charge on any atom is -0.469 e. The van der Waals surface area contributed by atoms with E-state index in [1.165, 1.54) is 7.11 Å². The Balaban J connectivity index is 2.50. The maximum Gasteiger partial charge on any atom is 0.305 e. The van der Waals surface area contributed by atoms with Crippen molar-refractivity contribution in [3.63, 3.8) is 0 Å². The van der Waals surface area contributed by atoms with Gasteiger partial charge in [-0.05, 0) is 37.0 Å². The van der Waals surface area contributed by atoms with Crippen LogP contribution in [0.5, 0.6) is 0 Å². The van der Waals surface area contributed by atoms with Crippen LogP contribution in [-0.2, 0) is 9.53 Å². The molecule has 0 bridgehead atoms. The van der Waals surface area contributed by atoms with Gasteiger partial charge >= 0.3 is 5.97 Å². The molecule has 0 aromatic heterocycles. The number of alkyl halides is 1. The minimum atomic E-state index is -0.514. The highest BCUT2D eigenvalue weighted by molar-refractivity contribution is 6.21. The molecule has 0 aliphatic heterocycles. The third-order valence-corrected chi connectivity index (χ3v) is 6.76. The first kappa shape index (κ1) is 25.5. The fraction of sp³-hybridized carbons (Fsp3) is 0.870. The van der Waals surface area contributed by atoms with Gasteiger partial charge in [-0.15, -0.1) is 11.6 Å². The summed E-state index contributed by atoms with van der Waals surface area (Å²) in [5, 5.41) is 21.0. The maximum atomic E-state index is 11.1. The number of hydrogen-bond donors (Lipinski definition) is 2. The molecule has 5 heteroatoms. The molecular weight excluding hydrogens is 376 g/mol. The highest BCUT2D eigenvalue weighted by Gasteiger charge is 2.40. The first-order chi connectivity index (χ1) is 13.2. The first-order valence-corrected chi connectivity index (χ1v) is 11.4. The van der Waals surface area contributed by atoms with Gasteiger partial charge in [0.2, 0.25) is 0 Å². The molecule has 4 nitrogen and oxygen atoms in total. The van der Waals surface area contributed by atoms with Gasteiger partial charge in [-0.2, -0.15) is 0 Å². The third kappa shape index (κ3) is 8.42. The van der Waals surface area contributed by atoms with Crippen LogP contribution < -0.4 is 0 Å². The zero-order valence-electron chi connectivity index (χ0n) is 18.2. The molecule has 0 radical (unpaired) electrons. The molecule has 28 heavy (non-hydrogen) atoms. The Labute approximate surface area is 176 Å². The summed E-state index contributed by atoms with van der Waals surface area (Å²) < 4.78 is 4.66. The van der Waals surface area contributed by atoms with Gasteiger partial charge in [0, 0.05) is 17.7 Å². The quantitative estimate of drug-likeness (QED) is 0.186. The Morgan fingerprint density at radius 3 is 2.57 bits per heavy atom. The van der Waals surface area contributed by atoms with E-state index in [0.717, 1.165) is 51.4 Å². The second-order valence-corrected chi connectivity index (χ2v) is 9.57. The molecule has 5 atom stereocenters. The van der Waals surface area contributed by atoms with Crippen molar-refractivity contribution in [3.05, 3.63) is 12.2 Å². The number of methoxy groups -OCH3 is 1. The van der Waals surface area contributed by atoms with Gasteiger partial charge in [-0.1, -0.05) is 65.0 Å². The number of carbonyl (C=O) groups is 1. The Morgan fingerprint density at radius 1 is 1.25 bits per heavy atom. The van der Waals surface area contributed by atoms with Crippen molar-refractivity contribution in [2.45, 2.75) is 103 Å². The molecular formula is C23H41ClO4. The van der Waals surface area contributed by atoms with E-state index in [0.29, 0.717) is 12.8 Å². The van der Waals surface area contributed by atoms with E-state index in [1.54, 1.807) is 0 Å². The molecule has 0 amide bonds. The normalized spacial score (nSPS) is 26.7. The lowest BCUT2D eigenvalue weighted by Gasteiger charge is -2.29. The predicted octanol–water partition coefficient (Wildman–Crippen LogP) is 5.24. The van der Waals surface area contributed by atoms with Crippen molar-refractivity contribution < 1.29 is 19.7 Å². The average Bonchev–Trinajstić information content (AvgIpc) is 2.93. The van der Waals surface area contributed by atoms with Crippen LogP contribution in [0.25, 0.3) is 0 Å². The van der Waals surface area contributed by atoms with Crippen LogP contribution in [0.3, 0.4) is 0 Å². The number of rotatable bonds is 13. The van der Waals surface area contributed by atoms with Gasteiger partial charge in [0.25, 0.3) is 0 Å². The molecule has 2 N–H and O–H groups in total. The predicted molar refractivity (Wildman–Crippen MR) is 115 cm³/mol. The Morgan fingerprint density at radius 2 is 1.93 bits per heavy atom. The van der Waals surface area contributed by atoms with Crippen LogP contribution in [0.15, 0.2) is 12.2 Å². The van der Waals surface area contributed by atoms with E-state index >= 15 is 0 Å². The van der Waals surface area contributed by atoms with Gasteiger partial charge in [0.15, 0.2) is 0 Å². The average molecular weight is 417 g/mol. The lowest BCUT2D eigenvalue weighted by atomic mass is 9.80. The second kappa shape index (κ2) is 12.9. The molecule has 1 saturated carbocycles.